The van der Waals surface area contributed by atoms with E-state index in [4.69, 9.17) is 9.97 Å². The van der Waals surface area contributed by atoms with Crippen LogP contribution in [0.15, 0.2) is 48.8 Å². The smallest absolute Gasteiger partial charge is 0.0611 e. The zero-order valence-corrected chi connectivity index (χ0v) is 20.2. The average molecular weight is 387 g/mol. The van der Waals surface area contributed by atoms with Gasteiger partial charge in [0.1, 0.15) is 0 Å². The van der Waals surface area contributed by atoms with Gasteiger partial charge in [-0.05, 0) is 34.6 Å². The molecular weight excluding hydrogens is 352 g/mol. The number of pyridine rings is 2. The van der Waals surface area contributed by atoms with Crippen LogP contribution in [0.2, 0.25) is 52.4 Å². The molecule has 2 rings (SSSR count). The first-order valence-corrected chi connectivity index (χ1v) is 19.6. The summed E-state index contributed by atoms with van der Waals surface area (Å²) in [5, 5.41) is 1.25. The summed E-state index contributed by atoms with van der Waals surface area (Å²) in [6, 6.07) is 12.9. The summed E-state index contributed by atoms with van der Waals surface area (Å²) in [7, 11) is -4.60. The maximum Gasteiger partial charge on any atom is 0.0611 e. The minimum absolute atomic E-state index is 0.625. The second kappa shape index (κ2) is 7.29. The molecule has 0 aromatic carbocycles. The molecule has 0 N–H and O–H groups in total. The lowest BCUT2D eigenvalue weighted by molar-refractivity contribution is 0.988. The van der Waals surface area contributed by atoms with Crippen molar-refractivity contribution in [3.63, 3.8) is 0 Å². The monoisotopic (exact) mass is 386 g/mol. The van der Waals surface area contributed by atoms with Crippen molar-refractivity contribution in [1.29, 1.82) is 0 Å². The molecule has 2 aromatic heterocycles. The van der Waals surface area contributed by atoms with Gasteiger partial charge in [-0.2, -0.15) is 0 Å². The van der Waals surface area contributed by atoms with Gasteiger partial charge >= 0.3 is 0 Å². The molecule has 0 amide bonds. The predicted molar refractivity (Wildman–Crippen MR) is 118 cm³/mol. The zero-order valence-electron chi connectivity index (χ0n) is 17.2. The van der Waals surface area contributed by atoms with E-state index in [9.17, 15) is 0 Å². The molecule has 0 saturated carbocycles. The third-order valence-corrected chi connectivity index (χ3v) is 22.5. The van der Waals surface area contributed by atoms with Crippen molar-refractivity contribution in [1.82, 2.24) is 9.97 Å². The Kier molecular flexibility index (Phi) is 5.91. The molecule has 0 aliphatic carbocycles. The molecule has 0 aliphatic heterocycles. The van der Waals surface area contributed by atoms with Gasteiger partial charge in [0.15, 0.2) is 0 Å². The van der Waals surface area contributed by atoms with E-state index in [1.54, 1.807) is 0 Å². The average Bonchev–Trinajstić information content (AvgIpc) is 2.45. The molecule has 0 radical (unpaired) electrons. The molecule has 136 valence electrons. The third kappa shape index (κ3) is 4.57. The van der Waals surface area contributed by atoms with E-state index in [2.05, 4.69) is 76.6 Å². The lowest BCUT2D eigenvalue weighted by atomic mass is 10.4. The van der Waals surface area contributed by atoms with Crippen LogP contribution in [-0.4, -0.2) is 34.2 Å². The van der Waals surface area contributed by atoms with Crippen molar-refractivity contribution in [3.8, 4) is 0 Å². The Bertz CT molecular complexity index is 614. The minimum Gasteiger partial charge on any atom is -0.262 e. The van der Waals surface area contributed by atoms with Crippen molar-refractivity contribution in [3.05, 3.63) is 60.2 Å². The van der Waals surface area contributed by atoms with Crippen molar-refractivity contribution < 1.29 is 0 Å². The second-order valence-corrected chi connectivity index (χ2v) is 26.5. The van der Waals surface area contributed by atoms with Crippen LogP contribution in [0.1, 0.15) is 21.7 Å². The van der Waals surface area contributed by atoms with E-state index in [0.717, 1.165) is 0 Å². The Hall–Kier alpha value is -1.05. The zero-order chi connectivity index (χ0) is 18.9. The molecule has 2 atom stereocenters. The van der Waals surface area contributed by atoms with Gasteiger partial charge in [-0.25, -0.2) is 0 Å². The predicted octanol–water partition coefficient (Wildman–Crippen LogP) is 5.89. The highest BCUT2D eigenvalue weighted by molar-refractivity contribution is 7.04. The van der Waals surface area contributed by atoms with Crippen molar-refractivity contribution in [2.75, 3.05) is 0 Å². The SMILES string of the molecule is C[Si](C)(C)[C@@H](c1ccccn1)[Si](C)(C)[C@H](c1ccccn1)[Si](C)(C)C. The fourth-order valence-electron chi connectivity index (χ4n) is 5.14. The van der Waals surface area contributed by atoms with E-state index in [0.29, 0.717) is 10.3 Å². The molecule has 25 heavy (non-hydrogen) atoms. The Morgan fingerprint density at radius 1 is 0.600 bits per heavy atom. The van der Waals surface area contributed by atoms with Crippen LogP contribution < -0.4 is 0 Å². The van der Waals surface area contributed by atoms with Gasteiger partial charge in [-0.15, -0.1) is 0 Å². The number of hydrogen-bond donors (Lipinski definition) is 0. The summed E-state index contributed by atoms with van der Waals surface area (Å²) in [6.45, 7) is 20.3. The summed E-state index contributed by atoms with van der Waals surface area (Å²) in [6.07, 6.45) is 3.94. The highest BCUT2D eigenvalue weighted by Gasteiger charge is 2.51. The van der Waals surface area contributed by atoms with Gasteiger partial charge in [0, 0.05) is 23.8 Å². The molecular formula is C20H34N2Si3. The quantitative estimate of drug-likeness (QED) is 0.579. The van der Waals surface area contributed by atoms with Crippen LogP contribution in [-0.2, 0) is 0 Å². The van der Waals surface area contributed by atoms with E-state index >= 15 is 0 Å². The molecule has 0 saturated heterocycles. The van der Waals surface area contributed by atoms with Gasteiger partial charge in [-0.3, -0.25) is 9.97 Å². The first-order valence-electron chi connectivity index (χ1n) is 9.27. The summed E-state index contributed by atoms with van der Waals surface area (Å²) >= 11 is 0. The van der Waals surface area contributed by atoms with Crippen LogP contribution in [0.4, 0.5) is 0 Å². The van der Waals surface area contributed by atoms with E-state index < -0.39 is 24.2 Å². The third-order valence-electron chi connectivity index (χ3n) is 5.19. The number of aromatic nitrogens is 2. The first-order chi connectivity index (χ1) is 11.5. The van der Waals surface area contributed by atoms with Crippen LogP contribution >= 0.6 is 0 Å². The second-order valence-electron chi connectivity index (χ2n) is 9.93. The Morgan fingerprint density at radius 2 is 0.960 bits per heavy atom. The van der Waals surface area contributed by atoms with Gasteiger partial charge in [0.2, 0.25) is 0 Å². The standard InChI is InChI=1S/C20H34N2Si3/c1-23(2,3)19(17-13-9-11-15-21-17)25(7,8)20(24(4,5)6)18-14-10-12-16-22-18/h9-16,19-20H,1-8H3/t19-,20-/m1/s1. The molecule has 2 nitrogen and oxygen atoms in total. The Balaban J connectivity index is 2.64. The summed E-state index contributed by atoms with van der Waals surface area (Å²) in [5.41, 5.74) is 2.63. The number of hydrogen-bond acceptors (Lipinski definition) is 2. The molecule has 0 bridgehead atoms. The van der Waals surface area contributed by atoms with E-state index in [1.807, 2.05) is 24.5 Å². The van der Waals surface area contributed by atoms with Crippen molar-refractivity contribution >= 4 is 24.2 Å². The number of nitrogens with zero attached hydrogens (tertiary/aromatic N) is 2. The Morgan fingerprint density at radius 3 is 1.20 bits per heavy atom. The molecule has 2 aromatic rings. The topological polar surface area (TPSA) is 25.8 Å². The van der Waals surface area contributed by atoms with E-state index in [-0.39, 0.29) is 0 Å². The van der Waals surface area contributed by atoms with Crippen LogP contribution in [0.25, 0.3) is 0 Å². The Labute approximate surface area is 157 Å². The maximum absolute atomic E-state index is 4.83. The van der Waals surface area contributed by atoms with Crippen molar-refractivity contribution in [2.45, 2.75) is 62.7 Å². The van der Waals surface area contributed by atoms with Crippen LogP contribution in [0.3, 0.4) is 0 Å². The van der Waals surface area contributed by atoms with Crippen LogP contribution in [0, 0.1) is 0 Å². The van der Waals surface area contributed by atoms with Gasteiger partial charge in [-0.1, -0.05) is 64.5 Å². The molecule has 0 aliphatic rings. The lowest BCUT2D eigenvalue weighted by Gasteiger charge is -2.48. The fraction of sp³-hybridized carbons (Fsp3) is 0.500. The number of rotatable bonds is 6. The lowest BCUT2D eigenvalue weighted by Crippen LogP contribution is -2.58. The highest BCUT2D eigenvalue weighted by Crippen LogP contribution is 2.45. The summed E-state index contributed by atoms with van der Waals surface area (Å²) in [5.74, 6) is 0. The molecule has 0 fully saturated rings. The van der Waals surface area contributed by atoms with Gasteiger partial charge < -0.3 is 0 Å². The van der Waals surface area contributed by atoms with Crippen LogP contribution in [0.5, 0.6) is 0 Å². The minimum atomic E-state index is -1.72. The first kappa shape index (κ1) is 20.3. The van der Waals surface area contributed by atoms with E-state index in [1.165, 1.54) is 11.4 Å². The normalized spacial score (nSPS) is 15.7. The largest absolute Gasteiger partial charge is 0.262 e. The molecule has 0 spiro atoms. The highest BCUT2D eigenvalue weighted by atomic mass is 28.4. The fourth-order valence-corrected chi connectivity index (χ4v) is 28.8. The summed E-state index contributed by atoms with van der Waals surface area (Å²) < 4.78 is 0. The maximum atomic E-state index is 4.83. The van der Waals surface area contributed by atoms with Crippen molar-refractivity contribution in [2.24, 2.45) is 0 Å². The molecule has 2 heterocycles. The molecule has 0 unspecified atom stereocenters. The molecule has 5 heteroatoms. The van der Waals surface area contributed by atoms with Gasteiger partial charge in [0.05, 0.1) is 24.2 Å². The summed E-state index contributed by atoms with van der Waals surface area (Å²) in [4.78, 5) is 9.67. The van der Waals surface area contributed by atoms with Gasteiger partial charge in [0.25, 0.3) is 0 Å².